The largest absolute Gasteiger partial charge is 0.360 e. The van der Waals surface area contributed by atoms with Gasteiger partial charge in [0.05, 0.1) is 17.1 Å². The Morgan fingerprint density at radius 3 is 2.50 bits per heavy atom. The third-order valence-corrected chi connectivity index (χ3v) is 5.47. The van der Waals surface area contributed by atoms with Gasteiger partial charge in [-0.15, -0.1) is 10.2 Å². The van der Waals surface area contributed by atoms with E-state index in [0.29, 0.717) is 5.75 Å². The van der Waals surface area contributed by atoms with Gasteiger partial charge in [-0.25, -0.2) is 0 Å². The summed E-state index contributed by atoms with van der Waals surface area (Å²) in [6, 6.07) is 18.8. The van der Waals surface area contributed by atoms with E-state index < -0.39 is 0 Å². The second-order valence-electron chi connectivity index (χ2n) is 6.91. The van der Waals surface area contributed by atoms with Gasteiger partial charge in [0.1, 0.15) is 11.6 Å². The fourth-order valence-electron chi connectivity index (χ4n) is 3.20. The van der Waals surface area contributed by atoms with E-state index in [1.807, 2.05) is 19.1 Å². The standard InChI is InChI=1S/C22H22N4OS/c1-15-9-10-20(16(2)11-15)26-21(13-18-7-5-4-6-8-18)23-24-22(26)28-14-19-12-17(3)25-27-19/h4-12H,13-14H2,1-3H3. The molecule has 142 valence electrons. The molecule has 0 aliphatic rings. The van der Waals surface area contributed by atoms with Crippen molar-refractivity contribution >= 4 is 11.8 Å². The van der Waals surface area contributed by atoms with E-state index in [1.54, 1.807) is 11.8 Å². The highest BCUT2D eigenvalue weighted by atomic mass is 32.2. The van der Waals surface area contributed by atoms with E-state index in [2.05, 4.69) is 76.2 Å². The van der Waals surface area contributed by atoms with Crippen molar-refractivity contribution in [2.45, 2.75) is 38.1 Å². The van der Waals surface area contributed by atoms with Crippen LogP contribution in [0.25, 0.3) is 5.69 Å². The number of rotatable bonds is 6. The Kier molecular flexibility index (Phi) is 5.30. The molecular formula is C22H22N4OS. The smallest absolute Gasteiger partial charge is 0.196 e. The first-order chi connectivity index (χ1) is 13.6. The lowest BCUT2D eigenvalue weighted by Crippen LogP contribution is -2.06. The minimum atomic E-state index is 0.662. The summed E-state index contributed by atoms with van der Waals surface area (Å²) in [5.74, 6) is 2.42. The molecule has 2 aromatic carbocycles. The summed E-state index contributed by atoms with van der Waals surface area (Å²) in [5, 5.41) is 13.8. The maximum atomic E-state index is 5.35. The molecule has 6 heteroatoms. The van der Waals surface area contributed by atoms with Crippen LogP contribution in [0.5, 0.6) is 0 Å². The van der Waals surface area contributed by atoms with Crippen LogP contribution in [0.4, 0.5) is 0 Å². The van der Waals surface area contributed by atoms with E-state index in [4.69, 9.17) is 4.52 Å². The predicted octanol–water partition coefficient (Wildman–Crippen LogP) is 5.06. The lowest BCUT2D eigenvalue weighted by Gasteiger charge is -2.13. The Labute approximate surface area is 168 Å². The van der Waals surface area contributed by atoms with Gasteiger partial charge in [-0.05, 0) is 38.0 Å². The fourth-order valence-corrected chi connectivity index (χ4v) is 4.04. The van der Waals surface area contributed by atoms with Crippen LogP contribution in [-0.2, 0) is 12.2 Å². The molecule has 0 atom stereocenters. The van der Waals surface area contributed by atoms with Gasteiger partial charge in [0.15, 0.2) is 5.16 Å². The predicted molar refractivity (Wildman–Crippen MR) is 111 cm³/mol. The molecular weight excluding hydrogens is 368 g/mol. The molecule has 5 nitrogen and oxygen atoms in total. The van der Waals surface area contributed by atoms with E-state index in [1.165, 1.54) is 16.7 Å². The number of benzene rings is 2. The molecule has 0 radical (unpaired) electrons. The highest BCUT2D eigenvalue weighted by Crippen LogP contribution is 2.28. The zero-order valence-electron chi connectivity index (χ0n) is 16.2. The van der Waals surface area contributed by atoms with Gasteiger partial charge >= 0.3 is 0 Å². The second-order valence-corrected chi connectivity index (χ2v) is 7.85. The van der Waals surface area contributed by atoms with Gasteiger partial charge < -0.3 is 4.52 Å². The highest BCUT2D eigenvalue weighted by molar-refractivity contribution is 7.98. The summed E-state index contributed by atoms with van der Waals surface area (Å²) >= 11 is 1.61. The van der Waals surface area contributed by atoms with Crippen LogP contribution in [0.2, 0.25) is 0 Å². The summed E-state index contributed by atoms with van der Waals surface area (Å²) < 4.78 is 7.51. The summed E-state index contributed by atoms with van der Waals surface area (Å²) in [7, 11) is 0. The molecule has 0 unspecified atom stereocenters. The molecule has 0 saturated heterocycles. The van der Waals surface area contributed by atoms with Crippen molar-refractivity contribution in [1.29, 1.82) is 0 Å². The number of aryl methyl sites for hydroxylation is 3. The first-order valence-electron chi connectivity index (χ1n) is 9.21. The van der Waals surface area contributed by atoms with Crippen LogP contribution in [0.15, 0.2) is 64.3 Å². The monoisotopic (exact) mass is 390 g/mol. The molecule has 0 aliphatic heterocycles. The average Bonchev–Trinajstić information content (AvgIpc) is 3.27. The first-order valence-corrected chi connectivity index (χ1v) is 10.2. The SMILES string of the molecule is Cc1ccc(-n2c(Cc3ccccc3)nnc2SCc2cc(C)no2)c(C)c1. The Hall–Kier alpha value is -2.86. The van der Waals surface area contributed by atoms with Crippen LogP contribution in [0.3, 0.4) is 0 Å². The Bertz CT molecular complexity index is 1090. The van der Waals surface area contributed by atoms with Gasteiger partial charge in [-0.2, -0.15) is 0 Å². The number of hydrogen-bond acceptors (Lipinski definition) is 5. The number of nitrogens with zero attached hydrogens (tertiary/aromatic N) is 4. The fraction of sp³-hybridized carbons (Fsp3) is 0.227. The van der Waals surface area contributed by atoms with Crippen LogP contribution in [0, 0.1) is 20.8 Å². The molecule has 2 aromatic heterocycles. The van der Waals surface area contributed by atoms with E-state index in [9.17, 15) is 0 Å². The summed E-state index contributed by atoms with van der Waals surface area (Å²) in [6.07, 6.45) is 0.725. The minimum absolute atomic E-state index is 0.662. The molecule has 0 fully saturated rings. The average molecular weight is 391 g/mol. The van der Waals surface area contributed by atoms with E-state index in [0.717, 1.165) is 34.5 Å². The van der Waals surface area contributed by atoms with Crippen LogP contribution < -0.4 is 0 Å². The lowest BCUT2D eigenvalue weighted by atomic mass is 10.1. The molecule has 0 saturated carbocycles. The van der Waals surface area contributed by atoms with Gasteiger partial charge in [-0.3, -0.25) is 4.57 Å². The van der Waals surface area contributed by atoms with Crippen molar-refractivity contribution in [2.75, 3.05) is 0 Å². The number of aromatic nitrogens is 4. The van der Waals surface area contributed by atoms with Crippen molar-refractivity contribution in [2.24, 2.45) is 0 Å². The van der Waals surface area contributed by atoms with Crippen molar-refractivity contribution < 1.29 is 4.52 Å². The van der Waals surface area contributed by atoms with Crippen molar-refractivity contribution in [3.63, 3.8) is 0 Å². The molecule has 4 aromatic rings. The Balaban J connectivity index is 1.71. The highest BCUT2D eigenvalue weighted by Gasteiger charge is 2.17. The lowest BCUT2D eigenvalue weighted by molar-refractivity contribution is 0.391. The first kappa shape index (κ1) is 18.5. The third-order valence-electron chi connectivity index (χ3n) is 4.52. The number of thioether (sulfide) groups is 1. The van der Waals surface area contributed by atoms with Crippen molar-refractivity contribution in [3.8, 4) is 5.69 Å². The Morgan fingerprint density at radius 2 is 1.79 bits per heavy atom. The van der Waals surface area contributed by atoms with Crippen LogP contribution in [-0.4, -0.2) is 19.9 Å². The van der Waals surface area contributed by atoms with E-state index >= 15 is 0 Å². The molecule has 0 N–H and O–H groups in total. The molecule has 0 amide bonds. The molecule has 4 rings (SSSR count). The maximum absolute atomic E-state index is 5.35. The quantitative estimate of drug-likeness (QED) is 0.431. The molecule has 28 heavy (non-hydrogen) atoms. The molecule has 0 aliphatic carbocycles. The topological polar surface area (TPSA) is 56.7 Å². The minimum Gasteiger partial charge on any atom is -0.360 e. The third kappa shape index (κ3) is 4.02. The zero-order valence-corrected chi connectivity index (χ0v) is 17.0. The maximum Gasteiger partial charge on any atom is 0.196 e. The molecule has 0 spiro atoms. The summed E-state index contributed by atoms with van der Waals surface area (Å²) in [6.45, 7) is 6.16. The van der Waals surface area contributed by atoms with Gasteiger partial charge in [0, 0.05) is 12.5 Å². The van der Waals surface area contributed by atoms with Crippen molar-refractivity contribution in [3.05, 3.63) is 88.6 Å². The van der Waals surface area contributed by atoms with Gasteiger partial charge in [0.25, 0.3) is 0 Å². The molecule has 2 heterocycles. The Morgan fingerprint density at radius 1 is 0.964 bits per heavy atom. The second kappa shape index (κ2) is 8.02. The zero-order chi connectivity index (χ0) is 19.5. The van der Waals surface area contributed by atoms with Gasteiger partial charge in [-0.1, -0.05) is 64.9 Å². The normalized spacial score (nSPS) is 11.1. The molecule has 0 bridgehead atoms. The van der Waals surface area contributed by atoms with Crippen molar-refractivity contribution in [1.82, 2.24) is 19.9 Å². The summed E-state index contributed by atoms with van der Waals surface area (Å²) in [4.78, 5) is 0. The van der Waals surface area contributed by atoms with E-state index in [-0.39, 0.29) is 0 Å². The number of hydrogen-bond donors (Lipinski definition) is 0. The summed E-state index contributed by atoms with van der Waals surface area (Å²) in [5.41, 5.74) is 5.65. The van der Waals surface area contributed by atoms with Gasteiger partial charge in [0.2, 0.25) is 0 Å². The van der Waals surface area contributed by atoms with Crippen LogP contribution >= 0.6 is 11.8 Å². The van der Waals surface area contributed by atoms with Crippen LogP contribution in [0.1, 0.15) is 34.0 Å².